The Kier molecular flexibility index (Phi) is 79.5. The van der Waals surface area contributed by atoms with Gasteiger partial charge in [-0.25, -0.2) is 0 Å². The minimum Gasteiger partial charge on any atom is -0.261 e. The van der Waals surface area contributed by atoms with Crippen LogP contribution in [0, 0.1) is 13.8 Å². The lowest BCUT2D eigenvalue weighted by molar-refractivity contribution is 0.886. The molecule has 2 heterocycles. The molecule has 0 N–H and O–H groups in total. The smallest absolute Gasteiger partial charge is 0.0555 e. The average molecular weight is 425 g/mol. The number of hydrogen-bond acceptors (Lipinski definition) is 4. The molecule has 0 spiro atoms. The highest BCUT2D eigenvalue weighted by molar-refractivity contribution is 5.00. The molecule has 4 heteroatoms. The van der Waals surface area contributed by atoms with Gasteiger partial charge in [-0.15, -0.1) is 0 Å². The highest BCUT2D eigenvalue weighted by Crippen LogP contribution is 1.85. The van der Waals surface area contributed by atoms with Gasteiger partial charge in [0.15, 0.2) is 0 Å². The summed E-state index contributed by atoms with van der Waals surface area (Å²) in [6.07, 6.45) is 13.6. The summed E-state index contributed by atoms with van der Waals surface area (Å²) in [6, 6.07) is 1.91. The quantitative estimate of drug-likeness (QED) is 0.457. The summed E-state index contributed by atoms with van der Waals surface area (Å²) >= 11 is 0. The van der Waals surface area contributed by atoms with Crippen molar-refractivity contribution in [2.75, 3.05) is 0 Å². The SMILES string of the molecule is CC.CC.CC.CCC.CCC.CCCC.Cc1ccnnc1.Cc1cnccn1. The number of unbranched alkanes of at least 4 members (excludes halogenated alkanes) is 1. The van der Waals surface area contributed by atoms with Crippen molar-refractivity contribution in [3.63, 3.8) is 0 Å². The van der Waals surface area contributed by atoms with Gasteiger partial charge < -0.3 is 0 Å². The van der Waals surface area contributed by atoms with Crippen LogP contribution < -0.4 is 0 Å². The molecule has 0 aromatic carbocycles. The summed E-state index contributed by atoms with van der Waals surface area (Å²) in [4.78, 5) is 7.74. The van der Waals surface area contributed by atoms with Crippen molar-refractivity contribution >= 4 is 0 Å². The van der Waals surface area contributed by atoms with Crippen molar-refractivity contribution in [3.8, 4) is 0 Å². The van der Waals surface area contributed by atoms with Crippen LogP contribution in [0.2, 0.25) is 0 Å². The molecule has 0 atom stereocenters. The first-order chi connectivity index (χ1) is 14.5. The van der Waals surface area contributed by atoms with E-state index in [0.29, 0.717) is 0 Å². The van der Waals surface area contributed by atoms with E-state index in [1.54, 1.807) is 31.0 Å². The molecule has 2 aromatic heterocycles. The molecule has 30 heavy (non-hydrogen) atoms. The zero-order chi connectivity index (χ0) is 25.1. The first-order valence-corrected chi connectivity index (χ1v) is 12.0. The Morgan fingerprint density at radius 2 is 1.03 bits per heavy atom. The van der Waals surface area contributed by atoms with Gasteiger partial charge >= 0.3 is 0 Å². The molecule has 0 bridgehead atoms. The van der Waals surface area contributed by atoms with Crippen molar-refractivity contribution in [1.29, 1.82) is 0 Å². The summed E-state index contributed by atoms with van der Waals surface area (Å²) in [5.74, 6) is 0. The molecule has 2 aromatic rings. The lowest BCUT2D eigenvalue weighted by atomic mass is 10.4. The fourth-order valence-electron chi connectivity index (χ4n) is 0.730. The molecule has 4 nitrogen and oxygen atoms in total. The Hall–Kier alpha value is -1.84. The van der Waals surface area contributed by atoms with E-state index in [1.165, 1.54) is 25.7 Å². The minimum atomic E-state index is 0.961. The third kappa shape index (κ3) is 72.1. The highest BCUT2D eigenvalue weighted by atomic mass is 15.1. The Labute approximate surface area is 191 Å². The molecule has 180 valence electrons. The predicted molar refractivity (Wildman–Crippen MR) is 140 cm³/mol. The maximum Gasteiger partial charge on any atom is 0.0555 e. The van der Waals surface area contributed by atoms with Crippen LogP contribution in [-0.2, 0) is 0 Å². The topological polar surface area (TPSA) is 51.6 Å². The second kappa shape index (κ2) is 56.4. The first kappa shape index (κ1) is 42.3. The standard InChI is InChI=1S/2C5H6N2.C4H10.2C3H8.3C2H6/c1-5-4-6-2-3-7-5;1-5-2-3-6-7-4-5;1-3-4-2;2*1-3-2;3*1-2/h2*2-4H,1H3;3-4H2,1-2H3;2*3H2,1-2H3;3*1-2H3. The van der Waals surface area contributed by atoms with Gasteiger partial charge in [-0.3, -0.25) is 9.97 Å². The molecule has 2 rings (SSSR count). The van der Waals surface area contributed by atoms with Gasteiger partial charge in [-0.1, -0.05) is 109 Å². The van der Waals surface area contributed by atoms with E-state index in [1.807, 2.05) is 61.5 Å². The number of nitrogens with zero attached hydrogens (tertiary/aromatic N) is 4. The van der Waals surface area contributed by atoms with Crippen molar-refractivity contribution < 1.29 is 0 Å². The van der Waals surface area contributed by atoms with Gasteiger partial charge in [-0.05, 0) is 25.5 Å². The third-order valence-electron chi connectivity index (χ3n) is 1.92. The number of aromatic nitrogens is 4. The summed E-state index contributed by atoms with van der Waals surface area (Å²) in [6.45, 7) is 28.8. The monoisotopic (exact) mass is 424 g/mol. The fraction of sp³-hybridized carbons (Fsp3) is 0.692. The van der Waals surface area contributed by atoms with Crippen molar-refractivity contribution in [2.45, 2.75) is 123 Å². The van der Waals surface area contributed by atoms with E-state index < -0.39 is 0 Å². The second-order valence-corrected chi connectivity index (χ2v) is 5.18. The van der Waals surface area contributed by atoms with Gasteiger partial charge in [0.25, 0.3) is 0 Å². The molecule has 0 saturated heterocycles. The second-order valence-electron chi connectivity index (χ2n) is 5.18. The largest absolute Gasteiger partial charge is 0.261 e. The van der Waals surface area contributed by atoms with Crippen molar-refractivity contribution in [2.24, 2.45) is 0 Å². The Bertz CT molecular complexity index is 364. The van der Waals surface area contributed by atoms with Gasteiger partial charge in [0.2, 0.25) is 0 Å². The van der Waals surface area contributed by atoms with Crippen molar-refractivity contribution in [1.82, 2.24) is 20.2 Å². The lowest BCUT2D eigenvalue weighted by Crippen LogP contribution is -1.77. The number of rotatable bonds is 1. The van der Waals surface area contributed by atoms with E-state index in [4.69, 9.17) is 0 Å². The molecule has 0 unspecified atom stereocenters. The lowest BCUT2D eigenvalue weighted by Gasteiger charge is -1.81. The van der Waals surface area contributed by atoms with Crippen molar-refractivity contribution in [3.05, 3.63) is 48.3 Å². The molecule has 0 radical (unpaired) electrons. The normalized spacial score (nSPS) is 6.87. The molecule has 0 aliphatic carbocycles. The summed E-state index contributed by atoms with van der Waals surface area (Å²) in [5.41, 5.74) is 2.11. The van der Waals surface area contributed by atoms with Gasteiger partial charge in [0, 0.05) is 24.8 Å². The highest BCUT2D eigenvalue weighted by Gasteiger charge is 1.75. The van der Waals surface area contributed by atoms with E-state index in [0.717, 1.165) is 11.3 Å². The fourth-order valence-corrected chi connectivity index (χ4v) is 0.730. The average Bonchev–Trinajstić information content (AvgIpc) is 2.81. The summed E-state index contributed by atoms with van der Waals surface area (Å²) in [7, 11) is 0. The van der Waals surface area contributed by atoms with E-state index in [9.17, 15) is 0 Å². The van der Waals surface area contributed by atoms with Crippen LogP contribution in [0.25, 0.3) is 0 Å². The Balaban J connectivity index is -0.0000000588. The zero-order valence-corrected chi connectivity index (χ0v) is 23.1. The van der Waals surface area contributed by atoms with E-state index in [-0.39, 0.29) is 0 Å². The van der Waals surface area contributed by atoms with Crippen LogP contribution in [0.15, 0.2) is 37.1 Å². The van der Waals surface area contributed by atoms with Crippen LogP contribution in [0.5, 0.6) is 0 Å². The summed E-state index contributed by atoms with van der Waals surface area (Å²) in [5, 5.41) is 7.23. The predicted octanol–water partition coefficient (Wildman–Crippen LogP) is 9.29. The molecule has 0 saturated carbocycles. The minimum absolute atomic E-state index is 0.961. The van der Waals surface area contributed by atoms with E-state index in [2.05, 4.69) is 61.7 Å². The molecule has 0 amide bonds. The third-order valence-corrected chi connectivity index (χ3v) is 1.92. The van der Waals surface area contributed by atoms with Crippen LogP contribution >= 0.6 is 0 Å². The molecule has 0 fully saturated rings. The molecule has 0 aliphatic rings. The van der Waals surface area contributed by atoms with Gasteiger partial charge in [-0.2, -0.15) is 10.2 Å². The summed E-state index contributed by atoms with van der Waals surface area (Å²) < 4.78 is 0. The maximum atomic E-state index is 3.92. The van der Waals surface area contributed by atoms with Crippen LogP contribution in [0.1, 0.15) is 120 Å². The maximum absolute atomic E-state index is 3.92. The van der Waals surface area contributed by atoms with Gasteiger partial charge in [0.1, 0.15) is 0 Å². The van der Waals surface area contributed by atoms with Crippen LogP contribution in [0.4, 0.5) is 0 Å². The number of aryl methyl sites for hydroxylation is 2. The van der Waals surface area contributed by atoms with E-state index >= 15 is 0 Å². The number of hydrogen-bond donors (Lipinski definition) is 0. The van der Waals surface area contributed by atoms with Gasteiger partial charge in [0.05, 0.1) is 11.9 Å². The molecular formula is C26H56N4. The zero-order valence-electron chi connectivity index (χ0n) is 23.1. The molecular weight excluding hydrogens is 368 g/mol. The van der Waals surface area contributed by atoms with Crippen LogP contribution in [0.3, 0.4) is 0 Å². The Morgan fingerprint density at radius 1 is 0.600 bits per heavy atom. The first-order valence-electron chi connectivity index (χ1n) is 12.0. The van der Waals surface area contributed by atoms with Crippen LogP contribution in [-0.4, -0.2) is 20.2 Å². The molecule has 0 aliphatic heterocycles. The Morgan fingerprint density at radius 3 is 1.17 bits per heavy atom.